The molecule has 0 aliphatic carbocycles. The number of benzene rings is 3. The van der Waals surface area contributed by atoms with Gasteiger partial charge in [0.25, 0.3) is 0 Å². The van der Waals surface area contributed by atoms with Crippen LogP contribution in [0.3, 0.4) is 0 Å². The number of pyridine rings is 1. The van der Waals surface area contributed by atoms with Crippen LogP contribution in [0.4, 0.5) is 9.18 Å². The van der Waals surface area contributed by atoms with Crippen LogP contribution in [0.1, 0.15) is 34.6 Å². The fraction of sp³-hybridized carbons (Fsp3) is 0.138. The van der Waals surface area contributed by atoms with E-state index in [9.17, 15) is 14.8 Å². The zero-order valence-electron chi connectivity index (χ0n) is 20.6. The highest BCUT2D eigenvalue weighted by atomic mass is 35.5. The Morgan fingerprint density at radius 2 is 1.82 bits per heavy atom. The van der Waals surface area contributed by atoms with Crippen molar-refractivity contribution in [3.63, 3.8) is 0 Å². The van der Waals surface area contributed by atoms with Crippen LogP contribution < -0.4 is 10.3 Å². The zero-order valence-corrected chi connectivity index (χ0v) is 21.3. The van der Waals surface area contributed by atoms with E-state index in [1.54, 1.807) is 49.6 Å². The number of carbonyl (C=O) groups is 1. The van der Waals surface area contributed by atoms with Gasteiger partial charge in [-0.3, -0.25) is 4.79 Å². The van der Waals surface area contributed by atoms with Crippen molar-refractivity contribution in [3.05, 3.63) is 122 Å². The smallest absolute Gasteiger partial charge is 0.449 e. The molecule has 9 heteroatoms. The van der Waals surface area contributed by atoms with Crippen molar-refractivity contribution in [1.82, 2.24) is 4.57 Å². The molecule has 0 amide bonds. The van der Waals surface area contributed by atoms with E-state index in [2.05, 4.69) is 5.16 Å². The molecule has 1 atom stereocenters. The fourth-order valence-corrected chi connectivity index (χ4v) is 4.54. The molecule has 38 heavy (non-hydrogen) atoms. The van der Waals surface area contributed by atoms with Gasteiger partial charge in [0.15, 0.2) is 0 Å². The molecule has 0 saturated heterocycles. The summed E-state index contributed by atoms with van der Waals surface area (Å²) >= 11 is 5.99. The average molecular weight is 535 g/mol. The van der Waals surface area contributed by atoms with Gasteiger partial charge in [0.2, 0.25) is 5.56 Å². The molecular formula is C29H24ClFN2O5. The van der Waals surface area contributed by atoms with Crippen molar-refractivity contribution in [2.75, 3.05) is 0 Å². The molecule has 194 valence electrons. The average Bonchev–Trinajstić information content (AvgIpc) is 2.87. The molecule has 0 spiro atoms. The summed E-state index contributed by atoms with van der Waals surface area (Å²) in [6, 6.07) is 19.9. The molecule has 1 heterocycles. The maximum atomic E-state index is 15.1. The van der Waals surface area contributed by atoms with E-state index in [4.69, 9.17) is 21.4 Å². The lowest BCUT2D eigenvalue weighted by molar-refractivity contribution is 0.144. The van der Waals surface area contributed by atoms with E-state index in [0.717, 1.165) is 22.3 Å². The Labute approximate surface area is 223 Å². The molecule has 4 rings (SSSR count). The summed E-state index contributed by atoms with van der Waals surface area (Å²) in [6.07, 6.45) is 0.328. The van der Waals surface area contributed by atoms with E-state index in [-0.39, 0.29) is 28.5 Å². The Morgan fingerprint density at radius 1 is 1.08 bits per heavy atom. The Hall–Kier alpha value is -4.43. The lowest BCUT2D eigenvalue weighted by Crippen LogP contribution is -2.18. The second-order valence-corrected chi connectivity index (χ2v) is 9.24. The molecule has 0 radical (unpaired) electrons. The molecule has 0 fully saturated rings. The molecule has 0 unspecified atom stereocenters. The number of hydrogen-bond donors (Lipinski definition) is 2. The summed E-state index contributed by atoms with van der Waals surface area (Å²) in [5, 5.41) is 22.4. The van der Waals surface area contributed by atoms with Crippen LogP contribution in [-0.2, 0) is 7.05 Å². The molecule has 1 aromatic heterocycles. The monoisotopic (exact) mass is 534 g/mol. The number of nitrogens with zero attached hydrogens (tertiary/aromatic N) is 2. The van der Waals surface area contributed by atoms with Gasteiger partial charge in [0, 0.05) is 42.2 Å². The van der Waals surface area contributed by atoms with E-state index in [1.807, 2.05) is 31.2 Å². The third-order valence-corrected chi connectivity index (χ3v) is 6.54. The summed E-state index contributed by atoms with van der Waals surface area (Å²) in [4.78, 5) is 22.6. The van der Waals surface area contributed by atoms with Crippen LogP contribution in [0.25, 0.3) is 11.1 Å². The van der Waals surface area contributed by atoms with Crippen LogP contribution in [-0.4, -0.2) is 26.7 Å². The van der Waals surface area contributed by atoms with Crippen LogP contribution in [0.5, 0.6) is 5.75 Å². The Morgan fingerprint density at radius 3 is 2.42 bits per heavy atom. The number of rotatable bonds is 7. The summed E-state index contributed by atoms with van der Waals surface area (Å²) < 4.78 is 21.2. The molecular weight excluding hydrogens is 511 g/mol. The second-order valence-electron chi connectivity index (χ2n) is 8.80. The van der Waals surface area contributed by atoms with Crippen molar-refractivity contribution in [1.29, 1.82) is 0 Å². The predicted octanol–water partition coefficient (Wildman–Crippen LogP) is 6.61. The van der Waals surface area contributed by atoms with Gasteiger partial charge in [-0.2, -0.15) is 0 Å². The predicted molar refractivity (Wildman–Crippen MR) is 143 cm³/mol. The van der Waals surface area contributed by atoms with Crippen molar-refractivity contribution >= 4 is 23.5 Å². The SMILES string of the molecule is Cc1cc(OC(=O)O)ccc1-c1ccc([C@@H](C/C(=N\O)c2ccc(=O)n(C)c2)c2ccc(Cl)cc2F)cc1. The molecule has 4 aromatic rings. The van der Waals surface area contributed by atoms with Crippen molar-refractivity contribution in [2.45, 2.75) is 19.3 Å². The molecule has 0 bridgehead atoms. The highest BCUT2D eigenvalue weighted by Crippen LogP contribution is 2.35. The minimum absolute atomic E-state index is 0.146. The lowest BCUT2D eigenvalue weighted by atomic mass is 9.84. The topological polar surface area (TPSA) is 101 Å². The van der Waals surface area contributed by atoms with Crippen LogP contribution in [0.15, 0.2) is 88.9 Å². The van der Waals surface area contributed by atoms with Crippen molar-refractivity contribution in [2.24, 2.45) is 12.2 Å². The minimum atomic E-state index is -1.38. The quantitative estimate of drug-likeness (QED) is 0.0913. The maximum Gasteiger partial charge on any atom is 0.511 e. The maximum absolute atomic E-state index is 15.1. The van der Waals surface area contributed by atoms with E-state index in [1.165, 1.54) is 16.7 Å². The highest BCUT2D eigenvalue weighted by molar-refractivity contribution is 6.30. The summed E-state index contributed by atoms with van der Waals surface area (Å²) in [6.45, 7) is 1.85. The third kappa shape index (κ3) is 5.92. The normalized spacial score (nSPS) is 12.3. The first kappa shape index (κ1) is 26.6. The Bertz CT molecular complexity index is 1580. The van der Waals surface area contributed by atoms with Crippen LogP contribution in [0, 0.1) is 12.7 Å². The molecule has 0 aliphatic rings. The van der Waals surface area contributed by atoms with Gasteiger partial charge in [-0.05, 0) is 65.1 Å². The summed E-state index contributed by atoms with van der Waals surface area (Å²) in [5.41, 5.74) is 4.33. The number of aromatic nitrogens is 1. The van der Waals surface area contributed by atoms with Gasteiger partial charge in [-0.1, -0.05) is 53.2 Å². The van der Waals surface area contributed by atoms with Crippen LogP contribution >= 0.6 is 11.6 Å². The molecule has 0 saturated carbocycles. The molecule has 7 nitrogen and oxygen atoms in total. The number of aryl methyl sites for hydroxylation is 2. The van der Waals surface area contributed by atoms with Crippen LogP contribution in [0.2, 0.25) is 5.02 Å². The first-order valence-corrected chi connectivity index (χ1v) is 12.0. The number of carboxylic acid groups (broad SMARTS) is 1. The van der Waals surface area contributed by atoms with Gasteiger partial charge in [-0.25, -0.2) is 9.18 Å². The summed E-state index contributed by atoms with van der Waals surface area (Å²) in [7, 11) is 1.60. The molecule has 2 N–H and O–H groups in total. The number of ether oxygens (including phenoxy) is 1. The first-order valence-electron chi connectivity index (χ1n) is 11.6. The van der Waals surface area contributed by atoms with E-state index < -0.39 is 17.9 Å². The van der Waals surface area contributed by atoms with E-state index >= 15 is 4.39 Å². The first-order chi connectivity index (χ1) is 18.2. The minimum Gasteiger partial charge on any atom is -0.449 e. The number of oxime groups is 1. The fourth-order valence-electron chi connectivity index (χ4n) is 4.39. The van der Waals surface area contributed by atoms with Gasteiger partial charge in [0.1, 0.15) is 11.6 Å². The van der Waals surface area contributed by atoms with Gasteiger partial charge in [0.05, 0.1) is 5.71 Å². The lowest BCUT2D eigenvalue weighted by Gasteiger charge is -2.20. The second kappa shape index (κ2) is 11.3. The number of hydrogen-bond acceptors (Lipinski definition) is 5. The Balaban J connectivity index is 1.72. The van der Waals surface area contributed by atoms with Gasteiger partial charge in [-0.15, -0.1) is 0 Å². The number of halogens is 2. The Kier molecular flexibility index (Phi) is 7.93. The largest absolute Gasteiger partial charge is 0.511 e. The molecule has 3 aromatic carbocycles. The summed E-state index contributed by atoms with van der Waals surface area (Å²) in [5.74, 6) is -0.797. The van der Waals surface area contributed by atoms with Gasteiger partial charge < -0.3 is 19.6 Å². The highest BCUT2D eigenvalue weighted by Gasteiger charge is 2.22. The van der Waals surface area contributed by atoms with Crippen molar-refractivity contribution < 1.29 is 24.2 Å². The van der Waals surface area contributed by atoms with E-state index in [0.29, 0.717) is 11.1 Å². The van der Waals surface area contributed by atoms with Gasteiger partial charge >= 0.3 is 6.16 Å². The molecule has 0 aliphatic heterocycles. The standard InChI is InChI=1S/C29H24ClFN2O5/c1-17-13-22(38-29(35)36)9-11-23(17)18-3-5-19(6-4-18)25(24-10-8-21(30)14-26(24)31)15-27(32-37)20-7-12-28(34)33(2)16-20/h3-14,16,25,37H,15H2,1-2H3,(H,35,36)/b32-27+/t25-/m1/s1. The third-order valence-electron chi connectivity index (χ3n) is 6.30. The zero-order chi connectivity index (χ0) is 27.4. The van der Waals surface area contributed by atoms with Crippen molar-refractivity contribution in [3.8, 4) is 16.9 Å².